The first-order chi connectivity index (χ1) is 0. The van der Waals surface area contributed by atoms with Crippen molar-refractivity contribution >= 4 is 59.0 Å². The molecule has 4 heteroatoms. The topological polar surface area (TPSA) is 0 Å². The summed E-state index contributed by atoms with van der Waals surface area (Å²) < 4.78 is 0. The Morgan fingerprint density at radius 2 is 1.00 bits per heavy atom. The molecule has 0 atom stereocenters. The zero-order chi connectivity index (χ0) is 0. The van der Waals surface area contributed by atoms with E-state index in [2.05, 4.69) is 0 Å². The van der Waals surface area contributed by atoms with E-state index in [1.165, 1.54) is 0 Å². The molecule has 0 amide bonds. The van der Waals surface area contributed by atoms with Gasteiger partial charge in [0.05, 0.1) is 0 Å². The van der Waals surface area contributed by atoms with E-state index >= 15 is 0 Å². The minimum absolute atomic E-state index is 0. The third kappa shape index (κ3) is 9.04. The second-order valence-corrected chi connectivity index (χ2v) is 0. The van der Waals surface area contributed by atoms with Crippen LogP contribution in [-0.4, -0.2) is 59.0 Å². The van der Waals surface area contributed by atoms with Crippen LogP contribution < -0.4 is 0 Å². The van der Waals surface area contributed by atoms with Crippen molar-refractivity contribution in [3.63, 3.8) is 0 Å². The summed E-state index contributed by atoms with van der Waals surface area (Å²) in [6, 6.07) is 0. The van der Waals surface area contributed by atoms with Gasteiger partial charge < -0.3 is 0 Å². The third-order valence-corrected chi connectivity index (χ3v) is 0. The van der Waals surface area contributed by atoms with Gasteiger partial charge in [0.1, 0.15) is 0 Å². The molecule has 0 saturated heterocycles. The molecule has 0 aromatic rings. The Balaban J connectivity index is 0. The first-order valence-corrected chi connectivity index (χ1v) is 0. The summed E-state index contributed by atoms with van der Waals surface area (Å²) >= 11 is 0. The fourth-order valence-corrected chi connectivity index (χ4v) is 0. The van der Waals surface area contributed by atoms with E-state index in [0.717, 1.165) is 0 Å². The van der Waals surface area contributed by atoms with Crippen LogP contribution in [0.3, 0.4) is 0 Å². The monoisotopic (exact) mass is 495 g/mol. The Morgan fingerprint density at radius 1 is 1.00 bits per heavy atom. The molecule has 0 unspecified atom stereocenters. The van der Waals surface area contributed by atoms with E-state index in [4.69, 9.17) is 0 Å². The van der Waals surface area contributed by atoms with Crippen LogP contribution in [0.1, 0.15) is 0 Å². The molecule has 0 N–H and O–H groups in total. The fourth-order valence-electron chi connectivity index (χ4n) is 0. The van der Waals surface area contributed by atoms with Crippen molar-refractivity contribution in [1.29, 1.82) is 0 Å². The predicted molar refractivity (Wildman–Crippen MR) is 17.1 cm³/mol. The predicted octanol–water partition coefficient (Wildman–Crippen LogP) is -1.83. The van der Waals surface area contributed by atoms with Gasteiger partial charge in [0, 0.05) is 49.6 Å². The standard InChI is InChI=1S/Ba.Be.Pd.Pu.4H. The van der Waals surface area contributed by atoms with E-state index in [1.807, 2.05) is 0 Å². The summed E-state index contributed by atoms with van der Waals surface area (Å²) in [5.41, 5.74) is 0. The van der Waals surface area contributed by atoms with E-state index < -0.39 is 0 Å². The van der Waals surface area contributed by atoms with Crippen LogP contribution in [0.25, 0.3) is 0 Å². The molecule has 0 fully saturated rings. The summed E-state index contributed by atoms with van der Waals surface area (Å²) in [5, 5.41) is 0. The smallest absolute Gasteiger partial charge is 0 e. The van der Waals surface area contributed by atoms with Crippen molar-refractivity contribution in [3.8, 4) is 0 Å². The average molecular weight is 501 g/mol. The largest absolute Gasteiger partial charge is 0 e. The van der Waals surface area contributed by atoms with Gasteiger partial charge in [-0.3, -0.25) is 0 Å². The SMILES string of the molecule is [BaH2].[BeH2].[Pd].[Pu]. The van der Waals surface area contributed by atoms with Crippen LogP contribution in [0, 0.1) is 29.2 Å². The molecule has 0 bridgehead atoms. The van der Waals surface area contributed by atoms with Gasteiger partial charge in [-0.1, -0.05) is 0 Å². The number of hydrogen-bond donors (Lipinski definition) is 0. The molecular formula is H4BaBePdPu. The molecule has 0 rings (SSSR count). The minimum Gasteiger partial charge on any atom is 0 e. The number of rotatable bonds is 0. The third-order valence-electron chi connectivity index (χ3n) is 0. The summed E-state index contributed by atoms with van der Waals surface area (Å²) in [6.45, 7) is 0. The van der Waals surface area contributed by atoms with E-state index in [-0.39, 0.29) is 109 Å². The van der Waals surface area contributed by atoms with Crippen LogP contribution >= 0.6 is 0 Å². The van der Waals surface area contributed by atoms with E-state index in [9.17, 15) is 0 Å². The van der Waals surface area contributed by atoms with Crippen LogP contribution in [0.15, 0.2) is 0 Å². The second-order valence-electron chi connectivity index (χ2n) is 0. The molecule has 0 aromatic carbocycles. The number of hydrogen-bond acceptors (Lipinski definition) is 0. The Hall–Kier alpha value is 3.39. The molecule has 0 aromatic heterocycles. The maximum Gasteiger partial charge on any atom is 0 e. The van der Waals surface area contributed by atoms with Crippen molar-refractivity contribution in [2.24, 2.45) is 0 Å². The van der Waals surface area contributed by atoms with Gasteiger partial charge in [0.25, 0.3) is 0 Å². The molecule has 0 saturated carbocycles. The zero-order valence-electron chi connectivity index (χ0n) is 0.724. The molecule has 0 aliphatic heterocycles. The van der Waals surface area contributed by atoms with Crippen LogP contribution in [0.5, 0.6) is 0 Å². The van der Waals surface area contributed by atoms with Gasteiger partial charge in [-0.25, -0.2) is 0 Å². The van der Waals surface area contributed by atoms with Crippen LogP contribution in [0.2, 0.25) is 0 Å². The van der Waals surface area contributed by atoms with Gasteiger partial charge in [-0.05, 0) is 0 Å². The summed E-state index contributed by atoms with van der Waals surface area (Å²) in [4.78, 5) is 0. The molecule has 0 radical (unpaired) electrons. The van der Waals surface area contributed by atoms with Gasteiger partial charge in [-0.2, -0.15) is 0 Å². The maximum absolute atomic E-state index is 0. The van der Waals surface area contributed by atoms with E-state index in [0.29, 0.717) is 0 Å². The van der Waals surface area contributed by atoms with Crippen molar-refractivity contribution in [2.75, 3.05) is 0 Å². The van der Waals surface area contributed by atoms with Crippen LogP contribution in [0.4, 0.5) is 0 Å². The maximum atomic E-state index is 0. The summed E-state index contributed by atoms with van der Waals surface area (Å²) in [5.74, 6) is 0. The molecule has 0 spiro atoms. The molecule has 4 heavy (non-hydrogen) atoms. The van der Waals surface area contributed by atoms with E-state index in [1.54, 1.807) is 0 Å². The van der Waals surface area contributed by atoms with Gasteiger partial charge in [0.2, 0.25) is 0 Å². The zero-order valence-corrected chi connectivity index (χ0v) is 5.68. The molecule has 0 aliphatic rings. The van der Waals surface area contributed by atoms with Gasteiger partial charge in [-0.15, -0.1) is 0 Å². The molecule has 0 nitrogen and oxygen atoms in total. The van der Waals surface area contributed by atoms with Crippen molar-refractivity contribution < 1.29 is 49.6 Å². The normalized spacial score (nSPS) is 0. The van der Waals surface area contributed by atoms with Crippen molar-refractivity contribution in [3.05, 3.63) is 0 Å². The second kappa shape index (κ2) is 16.2. The summed E-state index contributed by atoms with van der Waals surface area (Å²) in [7, 11) is 0. The Bertz CT molecular complexity index is 8.00. The van der Waals surface area contributed by atoms with Crippen LogP contribution in [-0.2, 0) is 20.4 Å². The average Bonchev–Trinajstić information content (AvgIpc) is 0. The molecule has 24 valence electrons. The molecule has 0 heterocycles. The van der Waals surface area contributed by atoms with Crippen molar-refractivity contribution in [2.45, 2.75) is 0 Å². The molecule has 0 aliphatic carbocycles. The fraction of sp³-hybridized carbons (Fsp3) is 0. The minimum atomic E-state index is 0. The Morgan fingerprint density at radius 3 is 1.00 bits per heavy atom. The van der Waals surface area contributed by atoms with Gasteiger partial charge >= 0.3 is 59.0 Å². The van der Waals surface area contributed by atoms with Gasteiger partial charge in [0.15, 0.2) is 0 Å². The quantitative estimate of drug-likeness (QED) is 0.343. The summed E-state index contributed by atoms with van der Waals surface area (Å²) in [6.07, 6.45) is 0. The Kier molecular flexibility index (Phi) is 106. The Labute approximate surface area is 106 Å². The first kappa shape index (κ1) is 26.3. The van der Waals surface area contributed by atoms with Crippen molar-refractivity contribution in [1.82, 2.24) is 0 Å². The molecular weight excluding hydrogens is 497 g/mol. The first-order valence-electron chi connectivity index (χ1n) is 0.